The number of rotatable bonds is 6. The first kappa shape index (κ1) is 22.8. The first-order valence-corrected chi connectivity index (χ1v) is 11.7. The van der Waals surface area contributed by atoms with Crippen LogP contribution >= 0.6 is 0 Å². The van der Waals surface area contributed by atoms with Crippen LogP contribution in [0.15, 0.2) is 24.4 Å². The van der Waals surface area contributed by atoms with E-state index in [4.69, 9.17) is 5.21 Å². The van der Waals surface area contributed by atoms with Crippen LogP contribution in [0.2, 0.25) is 0 Å². The van der Waals surface area contributed by atoms with Crippen LogP contribution < -0.4 is 5.48 Å². The van der Waals surface area contributed by atoms with Crippen LogP contribution in [-0.2, 0) is 21.2 Å². The van der Waals surface area contributed by atoms with Gasteiger partial charge in [0.25, 0.3) is 5.91 Å². The summed E-state index contributed by atoms with van der Waals surface area (Å²) in [5, 5.41) is 23.4. The molecule has 31 heavy (non-hydrogen) atoms. The smallest absolute Gasteiger partial charge is 0.264 e. The minimum Gasteiger partial charge on any atom is -0.396 e. The van der Waals surface area contributed by atoms with Crippen molar-refractivity contribution in [1.82, 2.24) is 15.3 Å². The van der Waals surface area contributed by atoms with Crippen molar-refractivity contribution in [1.29, 1.82) is 0 Å². The molecule has 1 fully saturated rings. The lowest BCUT2D eigenvalue weighted by atomic mass is 10.1. The van der Waals surface area contributed by atoms with E-state index in [1.54, 1.807) is 10.9 Å². The largest absolute Gasteiger partial charge is 0.396 e. The Morgan fingerprint density at radius 3 is 2.77 bits per heavy atom. The van der Waals surface area contributed by atoms with Gasteiger partial charge in [-0.1, -0.05) is 18.8 Å². The Hall–Kier alpha value is -2.85. The summed E-state index contributed by atoms with van der Waals surface area (Å²) in [6.45, 7) is 3.58. The standard InChI is InChI=1S/C22H25N3O5S/c1-21(15-26)13-18(21)7-5-4-6-16-8-9-19-17(12-16)14-25(23-19)11-10-22(2,20(27)24-28)31(3,29)30/h8-9,12,14,18,26,28H,10-11,13,15H2,1-3H3,(H,24,27)/t18-,21+,22+/m0/s1. The zero-order chi connectivity index (χ0) is 22.9. The number of carbonyl (C=O) groups is 1. The minimum atomic E-state index is -3.76. The van der Waals surface area contributed by atoms with Crippen LogP contribution in [0.3, 0.4) is 0 Å². The van der Waals surface area contributed by atoms with Crippen LogP contribution in [0, 0.1) is 35.0 Å². The number of hydroxylamine groups is 1. The number of nitrogens with one attached hydrogen (secondary N) is 1. The van der Waals surface area contributed by atoms with Crippen molar-refractivity contribution in [3.8, 4) is 23.7 Å². The second-order valence-electron chi connectivity index (χ2n) is 8.45. The van der Waals surface area contributed by atoms with Gasteiger partial charge >= 0.3 is 0 Å². The average molecular weight is 444 g/mol. The molecule has 9 heteroatoms. The van der Waals surface area contributed by atoms with Crippen LogP contribution in [0.4, 0.5) is 0 Å². The Labute approximate surface area is 181 Å². The lowest BCUT2D eigenvalue weighted by molar-refractivity contribution is -0.131. The van der Waals surface area contributed by atoms with Crippen LogP contribution in [0.25, 0.3) is 10.9 Å². The Balaban J connectivity index is 1.72. The van der Waals surface area contributed by atoms with Crippen molar-refractivity contribution < 1.29 is 23.5 Å². The molecule has 1 saturated carbocycles. The zero-order valence-corrected chi connectivity index (χ0v) is 18.5. The Kier molecular flexibility index (Phi) is 6.15. The number of aliphatic hydroxyl groups is 1. The summed E-state index contributed by atoms with van der Waals surface area (Å²) in [5.41, 5.74) is 2.82. The molecule has 0 spiro atoms. The van der Waals surface area contributed by atoms with Gasteiger partial charge in [-0.25, -0.2) is 13.9 Å². The van der Waals surface area contributed by atoms with Gasteiger partial charge in [0.05, 0.1) is 5.52 Å². The maximum absolute atomic E-state index is 12.1. The Morgan fingerprint density at radius 1 is 1.42 bits per heavy atom. The van der Waals surface area contributed by atoms with Gasteiger partial charge in [0.15, 0.2) is 14.6 Å². The third kappa shape index (κ3) is 4.75. The molecule has 164 valence electrons. The zero-order valence-electron chi connectivity index (χ0n) is 17.6. The molecule has 2 aromatic rings. The second kappa shape index (κ2) is 8.35. The molecular formula is C22H25N3O5S. The molecular weight excluding hydrogens is 418 g/mol. The fourth-order valence-electron chi connectivity index (χ4n) is 3.22. The molecule has 1 amide bonds. The molecule has 1 heterocycles. The molecule has 3 atom stereocenters. The monoisotopic (exact) mass is 443 g/mol. The minimum absolute atomic E-state index is 0.0532. The fourth-order valence-corrected chi connectivity index (χ4v) is 4.06. The number of benzene rings is 1. The Morgan fingerprint density at radius 2 is 2.16 bits per heavy atom. The molecule has 3 rings (SSSR count). The molecule has 0 aliphatic heterocycles. The maximum Gasteiger partial charge on any atom is 0.264 e. The Bertz CT molecular complexity index is 1240. The van der Waals surface area contributed by atoms with Crippen LogP contribution in [0.1, 0.15) is 32.3 Å². The summed E-state index contributed by atoms with van der Waals surface area (Å²) in [5.74, 6) is 11.0. The number of aryl methyl sites for hydroxylation is 1. The highest BCUT2D eigenvalue weighted by molar-refractivity contribution is 7.92. The molecule has 3 N–H and O–H groups in total. The van der Waals surface area contributed by atoms with Crippen LogP contribution in [-0.4, -0.2) is 52.0 Å². The highest BCUT2D eigenvalue weighted by atomic mass is 32.2. The van der Waals surface area contributed by atoms with E-state index in [1.165, 1.54) is 12.4 Å². The van der Waals surface area contributed by atoms with E-state index in [-0.39, 0.29) is 30.9 Å². The highest BCUT2D eigenvalue weighted by Gasteiger charge is 2.48. The number of fused-ring (bicyclic) bond motifs is 1. The van der Waals surface area contributed by atoms with Crippen molar-refractivity contribution in [3.05, 3.63) is 30.0 Å². The van der Waals surface area contributed by atoms with Crippen molar-refractivity contribution in [2.45, 2.75) is 38.0 Å². The van der Waals surface area contributed by atoms with Gasteiger partial charge in [0, 0.05) is 47.9 Å². The number of nitrogens with zero attached hydrogens (tertiary/aromatic N) is 2. The molecule has 0 bridgehead atoms. The van der Waals surface area contributed by atoms with Gasteiger partial charge in [-0.3, -0.25) is 14.7 Å². The van der Waals surface area contributed by atoms with Gasteiger partial charge in [0.2, 0.25) is 0 Å². The SMILES string of the molecule is C[C@]1(CO)C[C@@H]1C#CC#Cc1ccc2nn(CC[C@](C)(C(=O)NO)S(C)(=O)=O)cc2c1. The van der Waals surface area contributed by atoms with E-state index >= 15 is 0 Å². The highest BCUT2D eigenvalue weighted by Crippen LogP contribution is 2.51. The topological polar surface area (TPSA) is 122 Å². The first-order valence-electron chi connectivity index (χ1n) is 9.76. The summed E-state index contributed by atoms with van der Waals surface area (Å²) in [7, 11) is -3.76. The summed E-state index contributed by atoms with van der Waals surface area (Å²) >= 11 is 0. The predicted octanol–water partition coefficient (Wildman–Crippen LogP) is 1.11. The molecule has 8 nitrogen and oxygen atoms in total. The number of aliphatic hydroxyl groups excluding tert-OH is 1. The van der Waals surface area contributed by atoms with Crippen molar-refractivity contribution in [2.24, 2.45) is 11.3 Å². The lowest BCUT2D eigenvalue weighted by Gasteiger charge is -2.24. The number of hydrogen-bond donors (Lipinski definition) is 3. The molecule has 1 aromatic carbocycles. The number of sulfone groups is 1. The molecule has 1 aliphatic carbocycles. The van der Waals surface area contributed by atoms with Gasteiger partial charge in [0.1, 0.15) is 0 Å². The third-order valence-corrected chi connectivity index (χ3v) is 8.02. The molecule has 0 radical (unpaired) electrons. The average Bonchev–Trinajstić information content (AvgIpc) is 3.20. The van der Waals surface area contributed by atoms with E-state index in [0.29, 0.717) is 5.52 Å². The van der Waals surface area contributed by atoms with Crippen molar-refractivity contribution in [2.75, 3.05) is 12.9 Å². The van der Waals surface area contributed by atoms with Gasteiger partial charge < -0.3 is 5.11 Å². The summed E-state index contributed by atoms with van der Waals surface area (Å²) in [4.78, 5) is 11.9. The molecule has 0 unspecified atom stereocenters. The summed E-state index contributed by atoms with van der Waals surface area (Å²) in [6.07, 6.45) is 3.55. The van der Waals surface area contributed by atoms with Gasteiger partial charge in [-0.15, -0.1) is 0 Å². The van der Waals surface area contributed by atoms with E-state index in [0.717, 1.165) is 23.6 Å². The summed E-state index contributed by atoms with van der Waals surface area (Å²) in [6, 6.07) is 5.49. The number of carbonyl (C=O) groups excluding carboxylic acids is 1. The fraction of sp³-hybridized carbons (Fsp3) is 0.455. The molecule has 1 aromatic heterocycles. The maximum atomic E-state index is 12.1. The third-order valence-electron chi connectivity index (χ3n) is 6.00. The van der Waals surface area contributed by atoms with Crippen molar-refractivity contribution in [3.63, 3.8) is 0 Å². The van der Waals surface area contributed by atoms with Gasteiger partial charge in [-0.05, 0) is 49.8 Å². The molecule has 1 aliphatic rings. The first-order chi connectivity index (χ1) is 14.5. The number of amides is 1. The number of aromatic nitrogens is 2. The number of hydrogen-bond acceptors (Lipinski definition) is 6. The van der Waals surface area contributed by atoms with Crippen LogP contribution in [0.5, 0.6) is 0 Å². The lowest BCUT2D eigenvalue weighted by Crippen LogP contribution is -2.49. The summed E-state index contributed by atoms with van der Waals surface area (Å²) < 4.78 is 23.9. The van der Waals surface area contributed by atoms with E-state index in [2.05, 4.69) is 28.8 Å². The van der Waals surface area contributed by atoms with Gasteiger partial charge in [-0.2, -0.15) is 5.10 Å². The van der Waals surface area contributed by atoms with Crippen molar-refractivity contribution >= 4 is 26.6 Å². The predicted molar refractivity (Wildman–Crippen MR) is 115 cm³/mol. The second-order valence-corrected chi connectivity index (χ2v) is 10.9. The van der Waals surface area contributed by atoms with E-state index in [1.807, 2.05) is 25.1 Å². The van der Waals surface area contributed by atoms with E-state index < -0.39 is 20.5 Å². The quantitative estimate of drug-likeness (QED) is 0.349. The van der Waals surface area contributed by atoms with E-state index in [9.17, 15) is 18.3 Å². The molecule has 0 saturated heterocycles. The normalized spacial score (nSPS) is 21.9.